The smallest absolute Gasteiger partial charge is 0.239 e. The molecular weight excluding hydrogens is 230 g/mol. The molecule has 0 saturated carbocycles. The van der Waals surface area contributed by atoms with E-state index >= 15 is 0 Å². The lowest BCUT2D eigenvalue weighted by Crippen LogP contribution is -2.58. The number of hydrogen-bond acceptors (Lipinski definition) is 3. The summed E-state index contributed by atoms with van der Waals surface area (Å²) in [6, 6.07) is -0.0884. The van der Waals surface area contributed by atoms with Gasteiger partial charge in [-0.15, -0.1) is 0 Å². The summed E-state index contributed by atoms with van der Waals surface area (Å²) < 4.78 is 0. The van der Waals surface area contributed by atoms with E-state index < -0.39 is 0 Å². The summed E-state index contributed by atoms with van der Waals surface area (Å²) in [7, 11) is 0. The lowest BCUT2D eigenvalue weighted by molar-refractivity contribution is -0.127. The first-order valence-corrected chi connectivity index (χ1v) is 6.94. The van der Waals surface area contributed by atoms with Gasteiger partial charge in [-0.05, 0) is 13.3 Å². The normalized spacial score (nSPS) is 21.2. The van der Waals surface area contributed by atoms with Crippen molar-refractivity contribution in [2.75, 3.05) is 13.1 Å². The van der Waals surface area contributed by atoms with Gasteiger partial charge in [0.15, 0.2) is 0 Å². The van der Waals surface area contributed by atoms with Crippen molar-refractivity contribution >= 4 is 11.8 Å². The summed E-state index contributed by atoms with van der Waals surface area (Å²) in [5.41, 5.74) is 0. The number of carbonyl (C=O) groups is 2. The third-order valence-electron chi connectivity index (χ3n) is 3.21. The Bertz CT molecular complexity index is 271. The third kappa shape index (κ3) is 5.49. The topological polar surface area (TPSA) is 70.2 Å². The van der Waals surface area contributed by atoms with Crippen LogP contribution in [0.4, 0.5) is 0 Å². The van der Waals surface area contributed by atoms with Crippen molar-refractivity contribution in [3.63, 3.8) is 0 Å². The van der Waals surface area contributed by atoms with Crippen LogP contribution in [0.25, 0.3) is 0 Å². The molecule has 104 valence electrons. The Hall–Kier alpha value is -1.10. The minimum absolute atomic E-state index is 0.0157. The van der Waals surface area contributed by atoms with Gasteiger partial charge in [0.05, 0.1) is 6.54 Å². The number of piperazine rings is 1. The molecule has 2 unspecified atom stereocenters. The van der Waals surface area contributed by atoms with Crippen LogP contribution >= 0.6 is 0 Å². The van der Waals surface area contributed by atoms with Crippen LogP contribution in [0, 0.1) is 0 Å². The molecule has 0 aliphatic carbocycles. The molecule has 2 amide bonds. The lowest BCUT2D eigenvalue weighted by atomic mass is 10.1. The van der Waals surface area contributed by atoms with Crippen molar-refractivity contribution in [2.24, 2.45) is 0 Å². The second-order valence-corrected chi connectivity index (χ2v) is 5.00. The molecule has 18 heavy (non-hydrogen) atoms. The van der Waals surface area contributed by atoms with Gasteiger partial charge in [-0.2, -0.15) is 0 Å². The van der Waals surface area contributed by atoms with Gasteiger partial charge in [0.25, 0.3) is 0 Å². The predicted octanol–water partition coefficient (Wildman–Crippen LogP) is 0.550. The van der Waals surface area contributed by atoms with Gasteiger partial charge in [-0.1, -0.05) is 32.6 Å². The third-order valence-corrected chi connectivity index (χ3v) is 3.21. The molecular formula is C13H25N3O2. The first-order valence-electron chi connectivity index (χ1n) is 6.94. The molecule has 0 aromatic carbocycles. The largest absolute Gasteiger partial charge is 0.353 e. The average Bonchev–Trinajstić information content (AvgIpc) is 2.35. The first-order chi connectivity index (χ1) is 8.63. The summed E-state index contributed by atoms with van der Waals surface area (Å²) in [4.78, 5) is 22.8. The monoisotopic (exact) mass is 255 g/mol. The van der Waals surface area contributed by atoms with Crippen LogP contribution in [-0.4, -0.2) is 37.0 Å². The Morgan fingerprint density at radius 1 is 1.44 bits per heavy atom. The van der Waals surface area contributed by atoms with Gasteiger partial charge < -0.3 is 10.6 Å². The molecule has 1 heterocycles. The molecule has 1 aliphatic heterocycles. The maximum Gasteiger partial charge on any atom is 0.239 e. The maximum atomic E-state index is 11.9. The highest BCUT2D eigenvalue weighted by Crippen LogP contribution is 2.05. The van der Waals surface area contributed by atoms with Crippen LogP contribution < -0.4 is 16.0 Å². The molecule has 5 heteroatoms. The zero-order valence-electron chi connectivity index (χ0n) is 11.4. The highest BCUT2D eigenvalue weighted by Gasteiger charge is 2.24. The van der Waals surface area contributed by atoms with E-state index in [4.69, 9.17) is 0 Å². The number of rotatable bonds is 7. The number of amides is 2. The summed E-state index contributed by atoms with van der Waals surface area (Å²) in [5.74, 6) is -0.0651. The molecule has 0 aromatic rings. The molecule has 2 atom stereocenters. The molecule has 0 bridgehead atoms. The summed E-state index contributed by atoms with van der Waals surface area (Å²) >= 11 is 0. The van der Waals surface area contributed by atoms with E-state index in [0.717, 1.165) is 12.8 Å². The molecule has 5 nitrogen and oxygen atoms in total. The van der Waals surface area contributed by atoms with E-state index in [0.29, 0.717) is 6.54 Å². The zero-order valence-corrected chi connectivity index (χ0v) is 11.4. The van der Waals surface area contributed by atoms with E-state index in [9.17, 15) is 9.59 Å². The van der Waals surface area contributed by atoms with Crippen LogP contribution in [0.2, 0.25) is 0 Å². The van der Waals surface area contributed by atoms with E-state index in [-0.39, 0.29) is 30.4 Å². The molecule has 3 N–H and O–H groups in total. The number of hydrogen-bond donors (Lipinski definition) is 3. The van der Waals surface area contributed by atoms with Crippen LogP contribution in [0.5, 0.6) is 0 Å². The van der Waals surface area contributed by atoms with Crippen molar-refractivity contribution in [2.45, 2.75) is 58.0 Å². The molecule has 0 radical (unpaired) electrons. The number of nitrogens with one attached hydrogen (secondary N) is 3. The standard InChI is InChI=1S/C13H25N3O2/c1-3-4-5-6-7-10(2)16-13(18)11-8-15-12(17)9-14-11/h10-11,14H,3-9H2,1-2H3,(H,15,17)(H,16,18). The molecule has 1 aliphatic rings. The maximum absolute atomic E-state index is 11.9. The van der Waals surface area contributed by atoms with Gasteiger partial charge in [0.1, 0.15) is 6.04 Å². The zero-order chi connectivity index (χ0) is 13.4. The highest BCUT2D eigenvalue weighted by molar-refractivity contribution is 5.86. The van der Waals surface area contributed by atoms with Gasteiger partial charge in [0.2, 0.25) is 11.8 Å². The minimum Gasteiger partial charge on any atom is -0.353 e. The van der Waals surface area contributed by atoms with E-state index in [1.807, 2.05) is 6.92 Å². The second-order valence-electron chi connectivity index (χ2n) is 5.00. The van der Waals surface area contributed by atoms with Crippen molar-refractivity contribution in [3.8, 4) is 0 Å². The van der Waals surface area contributed by atoms with Gasteiger partial charge in [0, 0.05) is 12.6 Å². The van der Waals surface area contributed by atoms with Crippen LogP contribution in [0.15, 0.2) is 0 Å². The second kappa shape index (κ2) is 8.08. The summed E-state index contributed by atoms with van der Waals surface area (Å²) in [6.45, 7) is 4.83. The van der Waals surface area contributed by atoms with Crippen molar-refractivity contribution in [1.29, 1.82) is 0 Å². The average molecular weight is 255 g/mol. The summed E-state index contributed by atoms with van der Waals surface area (Å²) in [5, 5.41) is 8.60. The minimum atomic E-state index is -0.291. The van der Waals surface area contributed by atoms with E-state index in [1.165, 1.54) is 19.3 Å². The fraction of sp³-hybridized carbons (Fsp3) is 0.846. The van der Waals surface area contributed by atoms with Crippen molar-refractivity contribution < 1.29 is 9.59 Å². The van der Waals surface area contributed by atoms with E-state index in [1.54, 1.807) is 0 Å². The Kier molecular flexibility index (Phi) is 6.72. The van der Waals surface area contributed by atoms with Crippen LogP contribution in [0.1, 0.15) is 46.0 Å². The van der Waals surface area contributed by atoms with Crippen molar-refractivity contribution in [3.05, 3.63) is 0 Å². The number of unbranched alkanes of at least 4 members (excludes halogenated alkanes) is 3. The highest BCUT2D eigenvalue weighted by atomic mass is 16.2. The lowest BCUT2D eigenvalue weighted by Gasteiger charge is -2.25. The van der Waals surface area contributed by atoms with Gasteiger partial charge in [-0.25, -0.2) is 0 Å². The Balaban J connectivity index is 2.16. The first kappa shape index (κ1) is 15.0. The Labute approximate surface area is 109 Å². The van der Waals surface area contributed by atoms with Gasteiger partial charge in [-0.3, -0.25) is 14.9 Å². The molecule has 1 rings (SSSR count). The molecule has 1 saturated heterocycles. The van der Waals surface area contributed by atoms with Crippen LogP contribution in [0.3, 0.4) is 0 Å². The molecule has 0 aromatic heterocycles. The number of carbonyl (C=O) groups excluding carboxylic acids is 2. The van der Waals surface area contributed by atoms with E-state index in [2.05, 4.69) is 22.9 Å². The fourth-order valence-corrected chi connectivity index (χ4v) is 2.04. The fourth-order valence-electron chi connectivity index (χ4n) is 2.04. The molecule has 0 spiro atoms. The predicted molar refractivity (Wildman–Crippen MR) is 71.2 cm³/mol. The Morgan fingerprint density at radius 3 is 2.83 bits per heavy atom. The molecule has 1 fully saturated rings. The van der Waals surface area contributed by atoms with Crippen molar-refractivity contribution in [1.82, 2.24) is 16.0 Å². The Morgan fingerprint density at radius 2 is 2.22 bits per heavy atom. The van der Waals surface area contributed by atoms with Crippen LogP contribution in [-0.2, 0) is 9.59 Å². The van der Waals surface area contributed by atoms with Gasteiger partial charge >= 0.3 is 0 Å². The quantitative estimate of drug-likeness (QED) is 0.582. The summed E-state index contributed by atoms with van der Waals surface area (Å²) in [6.07, 6.45) is 5.90. The SMILES string of the molecule is CCCCCCC(C)NC(=O)C1CNC(=O)CN1.